The van der Waals surface area contributed by atoms with Crippen molar-refractivity contribution in [2.75, 3.05) is 33.0 Å². The highest BCUT2D eigenvalue weighted by atomic mass is 16.5. The van der Waals surface area contributed by atoms with Crippen LogP contribution in [0.3, 0.4) is 0 Å². The van der Waals surface area contributed by atoms with Crippen molar-refractivity contribution in [1.29, 1.82) is 0 Å². The van der Waals surface area contributed by atoms with Crippen molar-refractivity contribution in [2.24, 2.45) is 11.8 Å². The van der Waals surface area contributed by atoms with E-state index in [1.807, 2.05) is 30.3 Å². The van der Waals surface area contributed by atoms with Gasteiger partial charge in [-0.1, -0.05) is 30.3 Å². The summed E-state index contributed by atoms with van der Waals surface area (Å²) in [6.45, 7) is 2.67. The minimum absolute atomic E-state index is 0.0242. The summed E-state index contributed by atoms with van der Waals surface area (Å²) in [5, 5.41) is 14.3. The predicted octanol–water partition coefficient (Wildman–Crippen LogP) is 1.45. The third kappa shape index (κ3) is 3.74. The molecule has 2 heterocycles. The molecule has 3 rings (SSSR count). The van der Waals surface area contributed by atoms with Gasteiger partial charge < -0.3 is 19.9 Å². The van der Waals surface area contributed by atoms with Crippen molar-refractivity contribution < 1.29 is 19.4 Å². The number of aliphatic hydroxyl groups is 1. The van der Waals surface area contributed by atoms with Gasteiger partial charge in [0.25, 0.3) is 0 Å². The first-order chi connectivity index (χ1) is 11.2. The van der Waals surface area contributed by atoms with Crippen LogP contribution in [0.1, 0.15) is 24.8 Å². The Bertz CT molecular complexity index is 509. The summed E-state index contributed by atoms with van der Waals surface area (Å²) >= 11 is 0. The normalized spacial score (nSPS) is 25.0. The van der Waals surface area contributed by atoms with E-state index >= 15 is 0 Å². The lowest BCUT2D eigenvalue weighted by Gasteiger charge is -2.39. The quantitative estimate of drug-likeness (QED) is 0.862. The van der Waals surface area contributed by atoms with Crippen LogP contribution in [0, 0.1) is 11.8 Å². The van der Waals surface area contributed by atoms with Crippen molar-refractivity contribution in [1.82, 2.24) is 5.32 Å². The fraction of sp³-hybridized carbons (Fsp3) is 0.611. The van der Waals surface area contributed by atoms with E-state index in [1.54, 1.807) is 0 Å². The van der Waals surface area contributed by atoms with E-state index in [0.717, 1.165) is 24.8 Å². The Balaban J connectivity index is 1.73. The van der Waals surface area contributed by atoms with Gasteiger partial charge in [0.1, 0.15) is 5.60 Å². The number of carbonyl (C=O) groups excluding carboxylic acids is 1. The van der Waals surface area contributed by atoms with E-state index in [2.05, 4.69) is 5.32 Å². The van der Waals surface area contributed by atoms with Gasteiger partial charge in [-0.15, -0.1) is 0 Å². The fourth-order valence-electron chi connectivity index (χ4n) is 3.49. The van der Waals surface area contributed by atoms with Crippen molar-refractivity contribution in [3.8, 4) is 0 Å². The summed E-state index contributed by atoms with van der Waals surface area (Å²) in [7, 11) is 0. The maximum atomic E-state index is 12.3. The largest absolute Gasteiger partial charge is 0.383 e. The summed E-state index contributed by atoms with van der Waals surface area (Å²) < 4.78 is 10.7. The van der Waals surface area contributed by atoms with Crippen LogP contribution in [-0.2, 0) is 19.9 Å². The Labute approximate surface area is 137 Å². The first-order valence-electron chi connectivity index (χ1n) is 8.41. The van der Waals surface area contributed by atoms with Crippen LogP contribution in [0.4, 0.5) is 0 Å². The highest BCUT2D eigenvalue weighted by molar-refractivity contribution is 5.79. The average molecular weight is 319 g/mol. The zero-order valence-corrected chi connectivity index (χ0v) is 13.4. The molecular formula is C18H25NO4. The summed E-state index contributed by atoms with van der Waals surface area (Å²) in [4.78, 5) is 12.3. The van der Waals surface area contributed by atoms with Gasteiger partial charge in [0.2, 0.25) is 5.91 Å². The number of carbonyl (C=O) groups is 1. The van der Waals surface area contributed by atoms with Crippen molar-refractivity contribution in [2.45, 2.75) is 24.9 Å². The number of amides is 1. The zero-order valence-electron chi connectivity index (χ0n) is 13.4. The third-order valence-corrected chi connectivity index (χ3v) is 5.00. The lowest BCUT2D eigenvalue weighted by molar-refractivity contribution is -0.128. The molecule has 2 aliphatic rings. The van der Waals surface area contributed by atoms with E-state index in [1.165, 1.54) is 0 Å². The SMILES string of the molecule is O=C(NCC(O)(c1ccccc1)C1CCOCC1)C1CCOC1. The third-order valence-electron chi connectivity index (χ3n) is 5.00. The predicted molar refractivity (Wildman–Crippen MR) is 85.8 cm³/mol. The molecular weight excluding hydrogens is 294 g/mol. The Morgan fingerprint density at radius 3 is 2.48 bits per heavy atom. The van der Waals surface area contributed by atoms with Gasteiger partial charge in [-0.25, -0.2) is 0 Å². The second kappa shape index (κ2) is 7.43. The molecule has 0 aromatic heterocycles. The summed E-state index contributed by atoms with van der Waals surface area (Å²) in [5.41, 5.74) is -0.199. The van der Waals surface area contributed by atoms with Crippen molar-refractivity contribution in [3.63, 3.8) is 0 Å². The number of hydrogen-bond donors (Lipinski definition) is 2. The van der Waals surface area contributed by atoms with E-state index < -0.39 is 5.60 Å². The Morgan fingerprint density at radius 2 is 1.83 bits per heavy atom. The Kier molecular flexibility index (Phi) is 5.30. The van der Waals surface area contributed by atoms with Crippen LogP contribution < -0.4 is 5.32 Å². The van der Waals surface area contributed by atoms with Crippen LogP contribution in [0.15, 0.2) is 30.3 Å². The highest BCUT2D eigenvalue weighted by Gasteiger charge is 2.40. The number of hydrogen-bond acceptors (Lipinski definition) is 4. The number of nitrogens with one attached hydrogen (secondary N) is 1. The van der Waals surface area contributed by atoms with Crippen LogP contribution in [-0.4, -0.2) is 44.0 Å². The van der Waals surface area contributed by atoms with E-state index in [-0.39, 0.29) is 24.3 Å². The van der Waals surface area contributed by atoms with Gasteiger partial charge in [-0.05, 0) is 30.7 Å². The van der Waals surface area contributed by atoms with Crippen LogP contribution in [0.2, 0.25) is 0 Å². The Morgan fingerprint density at radius 1 is 1.13 bits per heavy atom. The second-order valence-corrected chi connectivity index (χ2v) is 6.46. The van der Waals surface area contributed by atoms with Crippen LogP contribution >= 0.6 is 0 Å². The maximum absolute atomic E-state index is 12.3. The zero-order chi connectivity index (χ0) is 16.1. The van der Waals surface area contributed by atoms with Gasteiger partial charge in [0.05, 0.1) is 19.1 Å². The summed E-state index contributed by atoms with van der Waals surface area (Å²) in [6.07, 6.45) is 2.36. The molecule has 2 atom stereocenters. The monoisotopic (exact) mass is 319 g/mol. The molecule has 1 amide bonds. The van der Waals surface area contributed by atoms with Crippen LogP contribution in [0.25, 0.3) is 0 Å². The molecule has 0 aliphatic carbocycles. The first-order valence-corrected chi connectivity index (χ1v) is 8.41. The minimum Gasteiger partial charge on any atom is -0.383 e. The number of ether oxygens (including phenoxy) is 2. The van der Waals surface area contributed by atoms with Gasteiger partial charge in [-0.3, -0.25) is 4.79 Å². The van der Waals surface area contributed by atoms with Crippen LogP contribution in [0.5, 0.6) is 0 Å². The van der Waals surface area contributed by atoms with E-state index in [0.29, 0.717) is 26.4 Å². The first kappa shape index (κ1) is 16.4. The number of benzene rings is 1. The van der Waals surface area contributed by atoms with E-state index in [4.69, 9.17) is 9.47 Å². The molecule has 0 bridgehead atoms. The molecule has 2 saturated heterocycles. The lowest BCUT2D eigenvalue weighted by atomic mass is 9.77. The molecule has 0 saturated carbocycles. The fourth-order valence-corrected chi connectivity index (χ4v) is 3.49. The lowest BCUT2D eigenvalue weighted by Crippen LogP contribution is -2.48. The number of rotatable bonds is 5. The molecule has 0 spiro atoms. The van der Waals surface area contributed by atoms with Gasteiger partial charge in [0.15, 0.2) is 0 Å². The summed E-state index contributed by atoms with van der Waals surface area (Å²) in [6, 6.07) is 9.64. The standard InChI is InChI=1S/C18H25NO4/c20-17(14-6-9-23-12-14)19-13-18(21,15-4-2-1-3-5-15)16-7-10-22-11-8-16/h1-5,14,16,21H,6-13H2,(H,19,20). The van der Waals surface area contributed by atoms with Gasteiger partial charge in [0, 0.05) is 19.8 Å². The van der Waals surface area contributed by atoms with E-state index in [9.17, 15) is 9.90 Å². The molecule has 23 heavy (non-hydrogen) atoms. The summed E-state index contributed by atoms with van der Waals surface area (Å²) in [5.74, 6) is -0.0348. The molecule has 2 fully saturated rings. The molecule has 2 aliphatic heterocycles. The molecule has 5 nitrogen and oxygen atoms in total. The average Bonchev–Trinajstić information content (AvgIpc) is 3.16. The maximum Gasteiger partial charge on any atom is 0.225 e. The smallest absolute Gasteiger partial charge is 0.225 e. The molecule has 2 unspecified atom stereocenters. The molecule has 0 radical (unpaired) electrons. The molecule has 1 aromatic rings. The van der Waals surface area contributed by atoms with Crippen molar-refractivity contribution >= 4 is 5.91 Å². The molecule has 1 aromatic carbocycles. The Hall–Kier alpha value is -1.43. The van der Waals surface area contributed by atoms with Gasteiger partial charge >= 0.3 is 0 Å². The molecule has 5 heteroatoms. The topological polar surface area (TPSA) is 67.8 Å². The minimum atomic E-state index is -1.06. The molecule has 126 valence electrons. The molecule has 2 N–H and O–H groups in total. The van der Waals surface area contributed by atoms with Crippen molar-refractivity contribution in [3.05, 3.63) is 35.9 Å². The van der Waals surface area contributed by atoms with Gasteiger partial charge in [-0.2, -0.15) is 0 Å². The highest BCUT2D eigenvalue weighted by Crippen LogP contribution is 2.35. The second-order valence-electron chi connectivity index (χ2n) is 6.46.